The van der Waals surface area contributed by atoms with Gasteiger partial charge >= 0.3 is 0 Å². The summed E-state index contributed by atoms with van der Waals surface area (Å²) in [5.41, 5.74) is 10.1. The summed E-state index contributed by atoms with van der Waals surface area (Å²) in [5, 5.41) is 15.8. The van der Waals surface area contributed by atoms with E-state index in [-0.39, 0.29) is 25.5 Å². The SMILES string of the molecule is COC(CNC(=O)[C@]1(Cc2ccccc2N=[N+]=[N-])N=C(c2ccc(OCCCO)cc2)O[C@@H]1c1ccccc1Br)OC. The van der Waals surface area contributed by atoms with Crippen molar-refractivity contribution >= 4 is 33.4 Å². The number of aliphatic hydroxyl groups is 1. The van der Waals surface area contributed by atoms with Crippen molar-refractivity contribution in [3.05, 3.63) is 104 Å². The lowest BCUT2D eigenvalue weighted by atomic mass is 9.81. The number of hydrogen-bond donors (Lipinski definition) is 2. The first-order chi connectivity index (χ1) is 20.4. The van der Waals surface area contributed by atoms with Gasteiger partial charge in [-0.05, 0) is 41.4 Å². The number of benzene rings is 3. The molecule has 0 aliphatic carbocycles. The number of rotatable bonds is 14. The summed E-state index contributed by atoms with van der Waals surface area (Å²) in [5.74, 6) is 0.479. The first kappa shape index (κ1) is 31.0. The molecule has 0 saturated carbocycles. The Labute approximate surface area is 252 Å². The van der Waals surface area contributed by atoms with Crippen molar-refractivity contribution in [2.75, 3.05) is 34.0 Å². The predicted molar refractivity (Wildman–Crippen MR) is 161 cm³/mol. The average Bonchev–Trinajstić information content (AvgIpc) is 3.39. The second-order valence-electron chi connectivity index (χ2n) is 9.42. The van der Waals surface area contributed by atoms with Crippen molar-refractivity contribution in [1.82, 2.24) is 5.32 Å². The highest BCUT2D eigenvalue weighted by Gasteiger charge is 2.54. The van der Waals surface area contributed by atoms with Crippen molar-refractivity contribution in [2.45, 2.75) is 30.8 Å². The molecule has 0 aromatic heterocycles. The summed E-state index contributed by atoms with van der Waals surface area (Å²) in [6, 6.07) is 21.7. The number of aliphatic imine (C=N–C) groups is 1. The van der Waals surface area contributed by atoms with Crippen LogP contribution in [0, 0.1) is 0 Å². The Hall–Kier alpha value is -3.93. The molecule has 0 spiro atoms. The fourth-order valence-electron chi connectivity index (χ4n) is 4.64. The van der Waals surface area contributed by atoms with Gasteiger partial charge < -0.3 is 29.4 Å². The number of hydrogen-bond acceptors (Lipinski definition) is 8. The maximum absolute atomic E-state index is 14.3. The van der Waals surface area contributed by atoms with Crippen LogP contribution in [-0.4, -0.2) is 62.7 Å². The first-order valence-electron chi connectivity index (χ1n) is 13.3. The van der Waals surface area contributed by atoms with Crippen molar-refractivity contribution in [3.63, 3.8) is 0 Å². The molecule has 0 unspecified atom stereocenters. The molecule has 2 N–H and O–H groups in total. The highest BCUT2D eigenvalue weighted by Crippen LogP contribution is 2.45. The third kappa shape index (κ3) is 7.10. The predicted octanol–water partition coefficient (Wildman–Crippen LogP) is 5.39. The number of aliphatic hydroxyl groups excluding tert-OH is 1. The van der Waals surface area contributed by atoms with E-state index in [1.54, 1.807) is 42.5 Å². The van der Waals surface area contributed by atoms with Crippen LogP contribution in [0.1, 0.15) is 29.2 Å². The molecule has 1 aliphatic rings. The van der Waals surface area contributed by atoms with Gasteiger partial charge in [0.2, 0.25) is 5.90 Å². The second-order valence-corrected chi connectivity index (χ2v) is 10.3. The lowest BCUT2D eigenvalue weighted by Gasteiger charge is -2.32. The maximum atomic E-state index is 14.3. The zero-order chi connectivity index (χ0) is 30.0. The van der Waals surface area contributed by atoms with Crippen LogP contribution in [0.25, 0.3) is 10.4 Å². The molecular weight excluding hydrogens is 606 g/mol. The molecule has 220 valence electrons. The fourth-order valence-corrected chi connectivity index (χ4v) is 5.13. The molecule has 0 fully saturated rings. The normalized spacial score (nSPS) is 17.7. The summed E-state index contributed by atoms with van der Waals surface area (Å²) in [6.45, 7) is 0.496. The first-order valence-corrected chi connectivity index (χ1v) is 14.1. The summed E-state index contributed by atoms with van der Waals surface area (Å²) >= 11 is 3.63. The van der Waals surface area contributed by atoms with Gasteiger partial charge in [0.1, 0.15) is 5.75 Å². The standard InChI is InChI=1S/C30H32BrN5O6/c1-39-26(40-2)19-33-29(38)30(18-21-8-3-6-11-25(21)35-36-32)27(23-9-4-5-10-24(23)31)42-28(34-30)20-12-14-22(15-13-20)41-17-7-16-37/h3-6,8-15,26-27,37H,7,16-19H2,1-2H3,(H,33,38)/t27-,30-/m1/s1. The zero-order valence-electron chi connectivity index (χ0n) is 23.3. The molecule has 2 atom stereocenters. The van der Waals surface area contributed by atoms with Gasteiger partial charge in [0.05, 0.1) is 13.2 Å². The van der Waals surface area contributed by atoms with Crippen molar-refractivity contribution in [2.24, 2.45) is 10.1 Å². The van der Waals surface area contributed by atoms with Gasteiger partial charge in [-0.1, -0.05) is 63.5 Å². The van der Waals surface area contributed by atoms with Crippen molar-refractivity contribution < 1.29 is 28.8 Å². The summed E-state index contributed by atoms with van der Waals surface area (Å²) in [6.07, 6.45) is -0.942. The number of carbonyl (C=O) groups excluding carboxylic acids is 1. The molecule has 1 heterocycles. The lowest BCUT2D eigenvalue weighted by molar-refractivity contribution is -0.134. The Morgan fingerprint density at radius 3 is 2.55 bits per heavy atom. The van der Waals surface area contributed by atoms with Crippen molar-refractivity contribution in [3.8, 4) is 5.75 Å². The van der Waals surface area contributed by atoms with Crippen LogP contribution >= 0.6 is 15.9 Å². The number of nitrogens with zero attached hydrogens (tertiary/aromatic N) is 4. The minimum absolute atomic E-state index is 0.0433. The number of halogens is 1. The smallest absolute Gasteiger partial charge is 0.252 e. The highest BCUT2D eigenvalue weighted by atomic mass is 79.9. The van der Waals surface area contributed by atoms with Gasteiger partial charge in [0, 0.05) is 59.9 Å². The summed E-state index contributed by atoms with van der Waals surface area (Å²) < 4.78 is 23.5. The number of methoxy groups -OCH3 is 2. The summed E-state index contributed by atoms with van der Waals surface area (Å²) in [4.78, 5) is 22.2. The Balaban J connectivity index is 1.83. The molecule has 0 saturated heterocycles. The van der Waals surface area contributed by atoms with Crippen LogP contribution in [0.5, 0.6) is 5.75 Å². The highest BCUT2D eigenvalue weighted by molar-refractivity contribution is 9.10. The second kappa shape index (κ2) is 14.8. The topological polar surface area (TPSA) is 147 Å². The molecule has 11 nitrogen and oxygen atoms in total. The van der Waals surface area contributed by atoms with Crippen LogP contribution < -0.4 is 10.1 Å². The third-order valence-corrected chi connectivity index (χ3v) is 7.50. The molecule has 1 amide bonds. The number of amides is 1. The minimum atomic E-state index is -1.51. The molecular formula is C30H32BrN5O6. The van der Waals surface area contributed by atoms with Crippen LogP contribution in [0.15, 0.2) is 87.4 Å². The van der Waals surface area contributed by atoms with E-state index in [0.29, 0.717) is 41.2 Å². The van der Waals surface area contributed by atoms with E-state index in [1.807, 2.05) is 30.3 Å². The summed E-state index contributed by atoms with van der Waals surface area (Å²) in [7, 11) is 2.98. The van der Waals surface area contributed by atoms with Crippen LogP contribution in [-0.2, 0) is 25.4 Å². The Bertz CT molecular complexity index is 1440. The van der Waals surface area contributed by atoms with Gasteiger partial charge in [-0.2, -0.15) is 0 Å². The molecule has 1 aliphatic heterocycles. The van der Waals surface area contributed by atoms with Gasteiger partial charge in [-0.3, -0.25) is 4.79 Å². The number of nitrogens with one attached hydrogen (secondary N) is 1. The molecule has 4 rings (SSSR count). The van der Waals surface area contributed by atoms with E-state index in [2.05, 4.69) is 31.3 Å². The van der Waals surface area contributed by atoms with Crippen LogP contribution in [0.4, 0.5) is 5.69 Å². The average molecular weight is 639 g/mol. The lowest BCUT2D eigenvalue weighted by Crippen LogP contribution is -2.51. The zero-order valence-corrected chi connectivity index (χ0v) is 24.9. The molecule has 0 radical (unpaired) electrons. The van der Waals surface area contributed by atoms with E-state index in [1.165, 1.54) is 14.2 Å². The fraction of sp³-hybridized carbons (Fsp3) is 0.333. The quantitative estimate of drug-likeness (QED) is 0.0796. The third-order valence-electron chi connectivity index (χ3n) is 6.78. The van der Waals surface area contributed by atoms with E-state index in [0.717, 1.165) is 4.47 Å². The largest absolute Gasteiger partial charge is 0.494 e. The van der Waals surface area contributed by atoms with E-state index in [4.69, 9.17) is 29.0 Å². The van der Waals surface area contributed by atoms with Crippen LogP contribution in [0.2, 0.25) is 0 Å². The Kier molecular flexibility index (Phi) is 10.9. The Morgan fingerprint density at radius 1 is 1.14 bits per heavy atom. The van der Waals surface area contributed by atoms with Gasteiger partial charge in [0.25, 0.3) is 5.91 Å². The monoisotopic (exact) mass is 637 g/mol. The molecule has 42 heavy (non-hydrogen) atoms. The van der Waals surface area contributed by atoms with E-state index < -0.39 is 23.8 Å². The molecule has 12 heteroatoms. The Morgan fingerprint density at radius 2 is 1.86 bits per heavy atom. The van der Waals surface area contributed by atoms with Gasteiger partial charge in [-0.25, -0.2) is 4.99 Å². The van der Waals surface area contributed by atoms with Gasteiger partial charge in [-0.15, -0.1) is 0 Å². The van der Waals surface area contributed by atoms with Crippen molar-refractivity contribution in [1.29, 1.82) is 0 Å². The number of azide groups is 1. The molecule has 3 aromatic carbocycles. The maximum Gasteiger partial charge on any atom is 0.252 e. The van der Waals surface area contributed by atoms with E-state index >= 15 is 0 Å². The number of carbonyl (C=O) groups is 1. The number of ether oxygens (including phenoxy) is 4. The molecule has 0 bridgehead atoms. The molecule has 3 aromatic rings. The minimum Gasteiger partial charge on any atom is -0.494 e. The van der Waals surface area contributed by atoms with Crippen LogP contribution in [0.3, 0.4) is 0 Å². The van der Waals surface area contributed by atoms with E-state index in [9.17, 15) is 10.3 Å². The van der Waals surface area contributed by atoms with Gasteiger partial charge in [0.15, 0.2) is 17.9 Å².